The first-order valence-corrected chi connectivity index (χ1v) is 3.53. The summed E-state index contributed by atoms with van der Waals surface area (Å²) in [5, 5.41) is 2.70. The number of nitrogen functional groups attached to an aromatic ring is 1. The van der Waals surface area contributed by atoms with Gasteiger partial charge in [-0.1, -0.05) is 0 Å². The van der Waals surface area contributed by atoms with E-state index in [1.165, 1.54) is 6.33 Å². The Kier molecular flexibility index (Phi) is 2.98. The van der Waals surface area contributed by atoms with Crippen LogP contribution >= 0.6 is 0 Å². The van der Waals surface area contributed by atoms with Gasteiger partial charge in [-0.2, -0.15) is 0 Å². The van der Waals surface area contributed by atoms with E-state index in [1.807, 2.05) is 0 Å². The van der Waals surface area contributed by atoms with Gasteiger partial charge < -0.3 is 16.5 Å². The zero-order valence-electron chi connectivity index (χ0n) is 6.82. The molecule has 0 saturated heterocycles. The number of hydrogen-bond acceptors (Lipinski definition) is 6. The molecular formula is C6H10N6O. The van der Waals surface area contributed by atoms with Gasteiger partial charge in [0.15, 0.2) is 0 Å². The van der Waals surface area contributed by atoms with Crippen LogP contribution in [0.15, 0.2) is 12.4 Å². The number of carbonyl (C=O) groups excluding carboxylic acids is 1. The van der Waals surface area contributed by atoms with E-state index in [2.05, 4.69) is 20.7 Å². The molecule has 7 heteroatoms. The lowest BCUT2D eigenvalue weighted by Gasteiger charge is -2.03. The Bertz CT molecular complexity index is 301. The molecule has 7 nitrogen and oxygen atoms in total. The first-order valence-electron chi connectivity index (χ1n) is 3.53. The summed E-state index contributed by atoms with van der Waals surface area (Å²) in [7, 11) is 0. The molecule has 0 radical (unpaired) electrons. The van der Waals surface area contributed by atoms with Crippen LogP contribution in [0.1, 0.15) is 0 Å². The molecule has 0 aliphatic heterocycles. The highest BCUT2D eigenvalue weighted by Gasteiger charge is 1.97. The molecule has 1 rings (SSSR count). The van der Waals surface area contributed by atoms with E-state index in [1.54, 1.807) is 6.07 Å². The van der Waals surface area contributed by atoms with Crippen molar-refractivity contribution in [1.29, 1.82) is 0 Å². The molecule has 0 spiro atoms. The first-order chi connectivity index (χ1) is 6.22. The highest BCUT2D eigenvalue weighted by Crippen LogP contribution is 2.05. The third-order valence-electron chi connectivity index (χ3n) is 1.26. The van der Waals surface area contributed by atoms with Gasteiger partial charge in [0.2, 0.25) is 5.91 Å². The zero-order valence-corrected chi connectivity index (χ0v) is 6.82. The van der Waals surface area contributed by atoms with Gasteiger partial charge in [0.1, 0.15) is 18.0 Å². The Hall–Kier alpha value is -1.89. The molecule has 70 valence electrons. The van der Waals surface area contributed by atoms with Crippen LogP contribution in [0.3, 0.4) is 0 Å². The number of nitrogens with two attached hydrogens (primary N) is 2. The summed E-state index contributed by atoms with van der Waals surface area (Å²) >= 11 is 0. The van der Waals surface area contributed by atoms with Crippen LogP contribution in [0.4, 0.5) is 11.6 Å². The predicted molar refractivity (Wildman–Crippen MR) is 47.5 cm³/mol. The van der Waals surface area contributed by atoms with Crippen molar-refractivity contribution in [3.8, 4) is 0 Å². The fraction of sp³-hybridized carbons (Fsp3) is 0.167. The molecule has 0 saturated carbocycles. The molecule has 6 N–H and O–H groups in total. The minimum absolute atomic E-state index is 0.0288. The summed E-state index contributed by atoms with van der Waals surface area (Å²) in [6, 6.07) is 1.56. The third-order valence-corrected chi connectivity index (χ3v) is 1.26. The standard InChI is InChI=1S/C6H10N6O/c7-4(13)2-9-5-1-6(12-8)11-3-10-5/h1,3H,2,8H2,(H2,7,13)(H2,9,10,11,12). The lowest BCUT2D eigenvalue weighted by atomic mass is 10.5. The zero-order chi connectivity index (χ0) is 9.68. The number of carbonyl (C=O) groups is 1. The Morgan fingerprint density at radius 2 is 2.15 bits per heavy atom. The van der Waals surface area contributed by atoms with Gasteiger partial charge >= 0.3 is 0 Å². The van der Waals surface area contributed by atoms with E-state index >= 15 is 0 Å². The fourth-order valence-electron chi connectivity index (χ4n) is 0.711. The van der Waals surface area contributed by atoms with E-state index in [4.69, 9.17) is 11.6 Å². The molecule has 1 aromatic heterocycles. The van der Waals surface area contributed by atoms with Crippen LogP contribution in [-0.2, 0) is 4.79 Å². The minimum atomic E-state index is -0.458. The van der Waals surface area contributed by atoms with E-state index in [0.717, 1.165) is 0 Å². The second-order valence-corrected chi connectivity index (χ2v) is 2.25. The molecule has 13 heavy (non-hydrogen) atoms. The maximum atomic E-state index is 10.4. The molecule has 1 amide bonds. The van der Waals surface area contributed by atoms with Crippen molar-refractivity contribution in [2.24, 2.45) is 11.6 Å². The molecule has 0 aromatic carbocycles. The summed E-state index contributed by atoms with van der Waals surface area (Å²) in [6.45, 7) is 0.0288. The van der Waals surface area contributed by atoms with Crippen LogP contribution in [0.5, 0.6) is 0 Å². The fourth-order valence-corrected chi connectivity index (χ4v) is 0.711. The summed E-state index contributed by atoms with van der Waals surface area (Å²) in [5.74, 6) is 5.61. The van der Waals surface area contributed by atoms with E-state index in [-0.39, 0.29) is 6.54 Å². The van der Waals surface area contributed by atoms with Crippen LogP contribution in [0, 0.1) is 0 Å². The first kappa shape index (κ1) is 9.20. The molecule has 0 bridgehead atoms. The smallest absolute Gasteiger partial charge is 0.236 e. The Morgan fingerprint density at radius 3 is 2.77 bits per heavy atom. The van der Waals surface area contributed by atoms with Gasteiger partial charge in [-0.25, -0.2) is 15.8 Å². The Morgan fingerprint density at radius 1 is 1.46 bits per heavy atom. The van der Waals surface area contributed by atoms with Gasteiger partial charge in [0.05, 0.1) is 6.54 Å². The number of rotatable bonds is 4. The molecule has 1 aromatic rings. The van der Waals surface area contributed by atoms with Crippen molar-refractivity contribution in [2.45, 2.75) is 0 Å². The van der Waals surface area contributed by atoms with Crippen LogP contribution < -0.4 is 22.3 Å². The Balaban J connectivity index is 2.61. The topological polar surface area (TPSA) is 119 Å². The number of primary amides is 1. The molecule has 0 aliphatic carbocycles. The van der Waals surface area contributed by atoms with Crippen molar-refractivity contribution in [3.05, 3.63) is 12.4 Å². The lowest BCUT2D eigenvalue weighted by Crippen LogP contribution is -2.22. The quantitative estimate of drug-likeness (QED) is 0.338. The number of nitrogens with zero attached hydrogens (tertiary/aromatic N) is 2. The van der Waals surface area contributed by atoms with Crippen LogP contribution in [-0.4, -0.2) is 22.4 Å². The lowest BCUT2D eigenvalue weighted by molar-refractivity contribution is -0.116. The number of hydrogen-bond donors (Lipinski definition) is 4. The number of aromatic nitrogens is 2. The molecular weight excluding hydrogens is 172 g/mol. The van der Waals surface area contributed by atoms with Crippen molar-refractivity contribution in [3.63, 3.8) is 0 Å². The van der Waals surface area contributed by atoms with Gasteiger partial charge in [0, 0.05) is 6.07 Å². The highest BCUT2D eigenvalue weighted by molar-refractivity contribution is 5.78. The summed E-state index contributed by atoms with van der Waals surface area (Å²) < 4.78 is 0. The second kappa shape index (κ2) is 4.21. The molecule has 0 unspecified atom stereocenters. The summed E-state index contributed by atoms with van der Waals surface area (Å²) in [5.41, 5.74) is 7.27. The van der Waals surface area contributed by atoms with Crippen molar-refractivity contribution in [2.75, 3.05) is 17.3 Å². The molecule has 1 heterocycles. The average Bonchev–Trinajstić information content (AvgIpc) is 2.15. The van der Waals surface area contributed by atoms with Gasteiger partial charge in [-0.05, 0) is 0 Å². The monoisotopic (exact) mass is 182 g/mol. The van der Waals surface area contributed by atoms with Crippen LogP contribution in [0.25, 0.3) is 0 Å². The van der Waals surface area contributed by atoms with Gasteiger partial charge in [0.25, 0.3) is 0 Å². The van der Waals surface area contributed by atoms with Crippen LogP contribution in [0.2, 0.25) is 0 Å². The number of nitrogens with one attached hydrogen (secondary N) is 2. The van der Waals surface area contributed by atoms with Crippen molar-refractivity contribution < 1.29 is 4.79 Å². The largest absolute Gasteiger partial charge is 0.368 e. The Labute approximate surface area is 74.5 Å². The van der Waals surface area contributed by atoms with Crippen molar-refractivity contribution in [1.82, 2.24) is 9.97 Å². The third kappa shape index (κ3) is 2.91. The number of amides is 1. The number of hydrazine groups is 1. The SMILES string of the molecule is NNc1cc(NCC(N)=O)ncn1. The van der Waals surface area contributed by atoms with Gasteiger partial charge in [-0.3, -0.25) is 4.79 Å². The number of anilines is 2. The average molecular weight is 182 g/mol. The van der Waals surface area contributed by atoms with Crippen molar-refractivity contribution >= 4 is 17.5 Å². The molecule has 0 atom stereocenters. The second-order valence-electron chi connectivity index (χ2n) is 2.25. The van der Waals surface area contributed by atoms with E-state index < -0.39 is 5.91 Å². The normalized spacial score (nSPS) is 9.31. The van der Waals surface area contributed by atoms with Gasteiger partial charge in [-0.15, -0.1) is 0 Å². The summed E-state index contributed by atoms with van der Waals surface area (Å²) in [6.07, 6.45) is 1.32. The molecule has 0 aliphatic rings. The highest BCUT2D eigenvalue weighted by atomic mass is 16.1. The van der Waals surface area contributed by atoms with E-state index in [9.17, 15) is 4.79 Å². The maximum absolute atomic E-state index is 10.4. The maximum Gasteiger partial charge on any atom is 0.236 e. The minimum Gasteiger partial charge on any atom is -0.368 e. The predicted octanol–water partition coefficient (Wildman–Crippen LogP) is -1.34. The summed E-state index contributed by atoms with van der Waals surface area (Å²) in [4.78, 5) is 18.0. The molecule has 0 fully saturated rings. The van der Waals surface area contributed by atoms with E-state index in [0.29, 0.717) is 11.6 Å².